The van der Waals surface area contributed by atoms with Crippen LogP contribution in [0.4, 0.5) is 0 Å². The van der Waals surface area contributed by atoms with Gasteiger partial charge in [0.1, 0.15) is 0 Å². The largest absolute Gasteiger partial charge is 0.394 e. The fourth-order valence-corrected chi connectivity index (χ4v) is 1.43. The highest BCUT2D eigenvalue weighted by atomic mass is 16.5. The lowest BCUT2D eigenvalue weighted by molar-refractivity contribution is -0.140. The number of ether oxygens (including phenoxy) is 1. The Bertz CT molecular complexity index is 196. The molecule has 0 aliphatic carbocycles. The monoisotopic (exact) mass is 202 g/mol. The van der Waals surface area contributed by atoms with Crippen LogP contribution in [0, 0.1) is 0 Å². The van der Waals surface area contributed by atoms with E-state index in [0.29, 0.717) is 26.2 Å². The minimum atomic E-state index is -0.213. The Labute approximate surface area is 84.2 Å². The van der Waals surface area contributed by atoms with Crippen molar-refractivity contribution < 1.29 is 14.6 Å². The van der Waals surface area contributed by atoms with Crippen molar-refractivity contribution in [3.63, 3.8) is 0 Å². The molecule has 1 aliphatic heterocycles. The zero-order chi connectivity index (χ0) is 10.6. The average molecular weight is 202 g/mol. The number of rotatable bonds is 3. The molecule has 1 aliphatic rings. The highest BCUT2D eigenvalue weighted by Crippen LogP contribution is 2.04. The molecule has 0 aromatic heterocycles. The Kier molecular flexibility index (Phi) is 4.31. The molecule has 1 atom stereocenters. The maximum Gasteiger partial charge on any atom is 0.236 e. The molecule has 0 bridgehead atoms. The van der Waals surface area contributed by atoms with Crippen LogP contribution < -0.4 is 0 Å². The van der Waals surface area contributed by atoms with Crippen LogP contribution >= 0.6 is 0 Å². The third-order valence-corrected chi connectivity index (χ3v) is 2.15. The molecule has 0 spiro atoms. The molecule has 0 aromatic rings. The van der Waals surface area contributed by atoms with E-state index in [-0.39, 0.29) is 18.6 Å². The Morgan fingerprint density at radius 1 is 1.64 bits per heavy atom. The van der Waals surface area contributed by atoms with Crippen molar-refractivity contribution >= 4 is 5.91 Å². The van der Waals surface area contributed by atoms with E-state index in [9.17, 15) is 4.79 Å². The maximum atomic E-state index is 11.6. The van der Waals surface area contributed by atoms with Crippen molar-refractivity contribution in [2.45, 2.75) is 6.10 Å². The molecule has 1 heterocycles. The summed E-state index contributed by atoms with van der Waals surface area (Å²) in [7, 11) is 3.73. The zero-order valence-electron chi connectivity index (χ0n) is 8.77. The molecule has 5 heteroatoms. The number of carbonyl (C=O) groups excluding carboxylic acids is 1. The molecule has 0 saturated carbocycles. The van der Waals surface area contributed by atoms with Gasteiger partial charge in [-0.15, -0.1) is 0 Å². The van der Waals surface area contributed by atoms with Crippen LogP contribution in [-0.2, 0) is 9.53 Å². The SMILES string of the molecule is CN(C)CC(=O)N1CCOC(CO)C1. The Morgan fingerprint density at radius 2 is 2.36 bits per heavy atom. The molecular weight excluding hydrogens is 184 g/mol. The average Bonchev–Trinajstić information content (AvgIpc) is 2.17. The van der Waals surface area contributed by atoms with Gasteiger partial charge in [-0.3, -0.25) is 4.79 Å². The fraction of sp³-hybridized carbons (Fsp3) is 0.889. The Balaban J connectivity index is 2.39. The van der Waals surface area contributed by atoms with E-state index < -0.39 is 0 Å². The number of aliphatic hydroxyl groups is 1. The second kappa shape index (κ2) is 5.29. The van der Waals surface area contributed by atoms with E-state index in [0.717, 1.165) is 0 Å². The van der Waals surface area contributed by atoms with Crippen LogP contribution in [0.1, 0.15) is 0 Å². The molecule has 5 nitrogen and oxygen atoms in total. The first-order chi connectivity index (χ1) is 6.63. The summed E-state index contributed by atoms with van der Waals surface area (Å²) in [6.45, 7) is 2.04. The topological polar surface area (TPSA) is 53.0 Å². The number of carbonyl (C=O) groups is 1. The number of amides is 1. The van der Waals surface area contributed by atoms with Gasteiger partial charge in [0, 0.05) is 13.1 Å². The van der Waals surface area contributed by atoms with Gasteiger partial charge in [-0.05, 0) is 14.1 Å². The summed E-state index contributed by atoms with van der Waals surface area (Å²) in [6.07, 6.45) is -0.213. The van der Waals surface area contributed by atoms with E-state index in [1.807, 2.05) is 19.0 Å². The molecule has 0 aromatic carbocycles. The number of aliphatic hydroxyl groups excluding tert-OH is 1. The van der Waals surface area contributed by atoms with E-state index in [1.165, 1.54) is 0 Å². The summed E-state index contributed by atoms with van der Waals surface area (Å²) in [5, 5.41) is 8.90. The van der Waals surface area contributed by atoms with Crippen LogP contribution in [0.5, 0.6) is 0 Å². The molecular formula is C9H18N2O3. The number of morpholine rings is 1. The molecule has 1 saturated heterocycles. The van der Waals surface area contributed by atoms with Gasteiger partial charge in [-0.2, -0.15) is 0 Å². The quantitative estimate of drug-likeness (QED) is 0.622. The lowest BCUT2D eigenvalue weighted by Crippen LogP contribution is -2.49. The number of hydrogen-bond acceptors (Lipinski definition) is 4. The van der Waals surface area contributed by atoms with Crippen LogP contribution in [0.2, 0.25) is 0 Å². The molecule has 0 radical (unpaired) electrons. The standard InChI is InChI=1S/C9H18N2O3/c1-10(2)6-9(13)11-3-4-14-8(5-11)7-12/h8,12H,3-7H2,1-2H3. The first-order valence-electron chi connectivity index (χ1n) is 4.78. The predicted molar refractivity (Wildman–Crippen MR) is 52.0 cm³/mol. The number of nitrogens with zero attached hydrogens (tertiary/aromatic N) is 2. The molecule has 1 amide bonds. The molecule has 82 valence electrons. The van der Waals surface area contributed by atoms with Gasteiger partial charge < -0.3 is 19.6 Å². The summed E-state index contributed by atoms with van der Waals surface area (Å²) in [6, 6.07) is 0. The van der Waals surface area contributed by atoms with E-state index >= 15 is 0 Å². The van der Waals surface area contributed by atoms with Crippen LogP contribution in [0.25, 0.3) is 0 Å². The van der Waals surface area contributed by atoms with Gasteiger partial charge >= 0.3 is 0 Å². The summed E-state index contributed by atoms with van der Waals surface area (Å²) in [4.78, 5) is 15.2. The second-order valence-electron chi connectivity index (χ2n) is 3.75. The first kappa shape index (κ1) is 11.4. The van der Waals surface area contributed by atoms with Gasteiger partial charge in [-0.1, -0.05) is 0 Å². The molecule has 1 N–H and O–H groups in total. The van der Waals surface area contributed by atoms with Crippen molar-refractivity contribution in [2.75, 3.05) is 46.9 Å². The smallest absolute Gasteiger partial charge is 0.236 e. The minimum Gasteiger partial charge on any atom is -0.394 e. The Morgan fingerprint density at radius 3 is 2.93 bits per heavy atom. The summed E-state index contributed by atoms with van der Waals surface area (Å²) in [5.74, 6) is 0.0942. The van der Waals surface area contributed by atoms with Gasteiger partial charge in [0.2, 0.25) is 5.91 Å². The van der Waals surface area contributed by atoms with Crippen LogP contribution in [0.3, 0.4) is 0 Å². The molecule has 1 fully saturated rings. The summed E-state index contributed by atoms with van der Waals surface area (Å²) >= 11 is 0. The molecule has 14 heavy (non-hydrogen) atoms. The van der Waals surface area contributed by atoms with Crippen molar-refractivity contribution in [2.24, 2.45) is 0 Å². The second-order valence-corrected chi connectivity index (χ2v) is 3.75. The first-order valence-corrected chi connectivity index (χ1v) is 4.78. The highest BCUT2D eigenvalue weighted by Gasteiger charge is 2.23. The van der Waals surface area contributed by atoms with Gasteiger partial charge in [0.25, 0.3) is 0 Å². The van der Waals surface area contributed by atoms with Crippen molar-refractivity contribution in [3.05, 3.63) is 0 Å². The van der Waals surface area contributed by atoms with Gasteiger partial charge in [0.05, 0.1) is 25.9 Å². The minimum absolute atomic E-state index is 0.0221. The Hall–Kier alpha value is -0.650. The van der Waals surface area contributed by atoms with Crippen molar-refractivity contribution in [1.29, 1.82) is 0 Å². The number of likely N-dealkylation sites (N-methyl/N-ethyl adjacent to an activating group) is 1. The van der Waals surface area contributed by atoms with Gasteiger partial charge in [-0.25, -0.2) is 0 Å². The summed E-state index contributed by atoms with van der Waals surface area (Å²) in [5.41, 5.74) is 0. The highest BCUT2D eigenvalue weighted by molar-refractivity contribution is 5.78. The zero-order valence-corrected chi connectivity index (χ0v) is 8.77. The van der Waals surface area contributed by atoms with Crippen molar-refractivity contribution in [1.82, 2.24) is 9.80 Å². The third-order valence-electron chi connectivity index (χ3n) is 2.15. The third kappa shape index (κ3) is 3.25. The number of hydrogen-bond donors (Lipinski definition) is 1. The van der Waals surface area contributed by atoms with Gasteiger partial charge in [0.15, 0.2) is 0 Å². The van der Waals surface area contributed by atoms with E-state index in [4.69, 9.17) is 9.84 Å². The van der Waals surface area contributed by atoms with Crippen molar-refractivity contribution in [3.8, 4) is 0 Å². The lowest BCUT2D eigenvalue weighted by Gasteiger charge is -2.32. The normalized spacial score (nSPS) is 22.9. The van der Waals surface area contributed by atoms with Crippen LogP contribution in [-0.4, -0.2) is 73.9 Å². The lowest BCUT2D eigenvalue weighted by atomic mass is 10.3. The fourth-order valence-electron chi connectivity index (χ4n) is 1.43. The van der Waals surface area contributed by atoms with Crippen LogP contribution in [0.15, 0.2) is 0 Å². The predicted octanol–water partition coefficient (Wildman–Crippen LogP) is -1.23. The molecule has 1 unspecified atom stereocenters. The van der Waals surface area contributed by atoms with E-state index in [1.54, 1.807) is 4.90 Å². The summed E-state index contributed by atoms with van der Waals surface area (Å²) < 4.78 is 5.25. The molecule has 1 rings (SSSR count). The maximum absolute atomic E-state index is 11.6. The van der Waals surface area contributed by atoms with E-state index in [2.05, 4.69) is 0 Å².